The van der Waals surface area contributed by atoms with E-state index in [0.717, 1.165) is 55.5 Å². The molecule has 0 bridgehead atoms. The number of hydrogen-bond acceptors (Lipinski definition) is 4. The van der Waals surface area contributed by atoms with Gasteiger partial charge in [-0.1, -0.05) is 12.2 Å². The summed E-state index contributed by atoms with van der Waals surface area (Å²) in [7, 11) is 0. The van der Waals surface area contributed by atoms with Crippen molar-refractivity contribution < 1.29 is 8.78 Å². The first-order chi connectivity index (χ1) is 15.6. The fourth-order valence-electron chi connectivity index (χ4n) is 5.01. The van der Waals surface area contributed by atoms with Crippen LogP contribution < -0.4 is 10.9 Å². The van der Waals surface area contributed by atoms with E-state index in [1.807, 2.05) is 12.2 Å². The Morgan fingerprint density at radius 3 is 2.75 bits per heavy atom. The maximum absolute atomic E-state index is 14.7. The number of piperidine rings is 1. The Hall–Kier alpha value is -2.90. The lowest BCUT2D eigenvalue weighted by Gasteiger charge is -2.34. The third kappa shape index (κ3) is 4.23. The van der Waals surface area contributed by atoms with Crippen LogP contribution in [0.3, 0.4) is 0 Å². The van der Waals surface area contributed by atoms with Gasteiger partial charge in [0.05, 0.1) is 11.7 Å². The van der Waals surface area contributed by atoms with Gasteiger partial charge in [0.15, 0.2) is 0 Å². The van der Waals surface area contributed by atoms with Crippen molar-refractivity contribution >= 4 is 17.0 Å². The predicted octanol–water partition coefficient (Wildman–Crippen LogP) is 3.54. The van der Waals surface area contributed by atoms with Crippen molar-refractivity contribution in [2.24, 2.45) is 0 Å². The lowest BCUT2D eigenvalue weighted by Crippen LogP contribution is -2.44. The molecule has 1 atom stereocenters. The Kier molecular flexibility index (Phi) is 5.85. The summed E-state index contributed by atoms with van der Waals surface area (Å²) in [6, 6.07) is 8.52. The van der Waals surface area contributed by atoms with Crippen molar-refractivity contribution in [2.45, 2.75) is 31.3 Å². The fraction of sp³-hybridized carbons (Fsp3) is 0.360. The van der Waals surface area contributed by atoms with Gasteiger partial charge in [-0.15, -0.1) is 0 Å². The van der Waals surface area contributed by atoms with Crippen LogP contribution in [0.1, 0.15) is 29.9 Å². The molecule has 2 aliphatic heterocycles. The predicted molar refractivity (Wildman–Crippen MR) is 122 cm³/mol. The van der Waals surface area contributed by atoms with Crippen LogP contribution in [0, 0.1) is 11.6 Å². The van der Waals surface area contributed by atoms with Gasteiger partial charge in [-0.3, -0.25) is 9.78 Å². The van der Waals surface area contributed by atoms with Crippen LogP contribution in [0.5, 0.6) is 0 Å². The van der Waals surface area contributed by atoms with E-state index in [-0.39, 0.29) is 23.1 Å². The molecular formula is C25H26F2N4O. The van der Waals surface area contributed by atoms with Crippen molar-refractivity contribution in [1.82, 2.24) is 19.8 Å². The Bertz CT molecular complexity index is 1210. The third-order valence-electron chi connectivity index (χ3n) is 6.57. The molecule has 1 N–H and O–H groups in total. The van der Waals surface area contributed by atoms with E-state index in [0.29, 0.717) is 18.2 Å². The number of nitrogens with one attached hydrogen (secondary N) is 1. The van der Waals surface area contributed by atoms with Gasteiger partial charge < -0.3 is 14.8 Å². The summed E-state index contributed by atoms with van der Waals surface area (Å²) in [5.74, 6) is -0.545. The number of nitrogens with zero attached hydrogens (tertiary/aromatic N) is 3. The van der Waals surface area contributed by atoms with Crippen LogP contribution in [0.4, 0.5) is 8.78 Å². The topological polar surface area (TPSA) is 50.2 Å². The quantitative estimate of drug-likeness (QED) is 0.642. The number of likely N-dealkylation sites (tertiary alicyclic amines) is 1. The second-order valence-corrected chi connectivity index (χ2v) is 8.70. The van der Waals surface area contributed by atoms with Crippen molar-refractivity contribution in [3.05, 3.63) is 81.9 Å². The molecule has 1 aromatic carbocycles. The smallest absolute Gasteiger partial charge is 0.251 e. The largest absolute Gasteiger partial charge is 0.310 e. The number of rotatable bonds is 6. The van der Waals surface area contributed by atoms with E-state index >= 15 is 0 Å². The molecule has 0 aliphatic carbocycles. The molecule has 1 saturated heterocycles. The molecule has 4 heterocycles. The van der Waals surface area contributed by atoms with Crippen LogP contribution in [-0.4, -0.2) is 46.7 Å². The molecule has 2 aromatic heterocycles. The third-order valence-corrected chi connectivity index (χ3v) is 6.57. The highest BCUT2D eigenvalue weighted by Gasteiger charge is 2.31. The molecule has 0 radical (unpaired) electrons. The van der Waals surface area contributed by atoms with Gasteiger partial charge in [0, 0.05) is 49.4 Å². The first-order valence-electron chi connectivity index (χ1n) is 11.1. The highest BCUT2D eigenvalue weighted by atomic mass is 19.1. The lowest BCUT2D eigenvalue weighted by molar-refractivity contribution is 0.186. The van der Waals surface area contributed by atoms with Crippen molar-refractivity contribution in [3.63, 3.8) is 0 Å². The van der Waals surface area contributed by atoms with E-state index in [1.165, 1.54) is 18.3 Å². The van der Waals surface area contributed by atoms with E-state index < -0.39 is 0 Å². The fourth-order valence-corrected chi connectivity index (χ4v) is 5.01. The van der Waals surface area contributed by atoms with Gasteiger partial charge >= 0.3 is 0 Å². The molecule has 32 heavy (non-hydrogen) atoms. The molecule has 3 aromatic rings. The van der Waals surface area contributed by atoms with Gasteiger partial charge in [-0.05, 0) is 61.1 Å². The zero-order valence-corrected chi connectivity index (χ0v) is 17.8. The minimum absolute atomic E-state index is 0.00104. The molecule has 5 rings (SSSR count). The van der Waals surface area contributed by atoms with Gasteiger partial charge in [0.2, 0.25) is 0 Å². The SMILES string of the molecule is O=c1ccc2ccc(F)c3c2n1C[C@H]3CN1CCC(NCC=Cc2cncc(F)c2)CC1. The first-order valence-corrected chi connectivity index (χ1v) is 11.1. The van der Waals surface area contributed by atoms with Crippen molar-refractivity contribution in [3.8, 4) is 0 Å². The van der Waals surface area contributed by atoms with Crippen molar-refractivity contribution in [1.29, 1.82) is 0 Å². The molecule has 2 aliphatic rings. The van der Waals surface area contributed by atoms with Crippen LogP contribution in [0.25, 0.3) is 17.0 Å². The second kappa shape index (κ2) is 8.92. The second-order valence-electron chi connectivity index (χ2n) is 8.70. The molecule has 5 nitrogen and oxygen atoms in total. The van der Waals surface area contributed by atoms with Crippen LogP contribution >= 0.6 is 0 Å². The minimum atomic E-state index is -0.334. The summed E-state index contributed by atoms with van der Waals surface area (Å²) >= 11 is 0. The van der Waals surface area contributed by atoms with Crippen molar-refractivity contribution in [2.75, 3.05) is 26.2 Å². The normalized spacial score (nSPS) is 19.4. The molecule has 0 unspecified atom stereocenters. The number of pyridine rings is 2. The molecule has 0 spiro atoms. The average Bonchev–Trinajstić information content (AvgIpc) is 3.18. The van der Waals surface area contributed by atoms with Crippen LogP contribution in [0.15, 0.2) is 53.6 Å². The van der Waals surface area contributed by atoms with E-state index in [4.69, 9.17) is 0 Å². The van der Waals surface area contributed by atoms with E-state index in [9.17, 15) is 13.6 Å². The molecule has 7 heteroatoms. The van der Waals surface area contributed by atoms with Crippen LogP contribution in [-0.2, 0) is 6.54 Å². The monoisotopic (exact) mass is 436 g/mol. The first kappa shape index (κ1) is 21.0. The molecular weight excluding hydrogens is 410 g/mol. The highest BCUT2D eigenvalue weighted by Crippen LogP contribution is 2.35. The van der Waals surface area contributed by atoms with Gasteiger partial charge in [0.25, 0.3) is 5.56 Å². The lowest BCUT2D eigenvalue weighted by atomic mass is 9.97. The molecule has 0 saturated carbocycles. The summed E-state index contributed by atoms with van der Waals surface area (Å²) in [6.45, 7) is 3.90. The van der Waals surface area contributed by atoms with Crippen LogP contribution in [0.2, 0.25) is 0 Å². The summed E-state index contributed by atoms with van der Waals surface area (Å²) in [5, 5.41) is 4.46. The Labute approximate surface area is 185 Å². The van der Waals surface area contributed by atoms with E-state index in [1.54, 1.807) is 29.0 Å². The van der Waals surface area contributed by atoms with Gasteiger partial charge in [-0.2, -0.15) is 0 Å². The molecule has 1 fully saturated rings. The number of aromatic nitrogens is 2. The Balaban J connectivity index is 1.15. The minimum Gasteiger partial charge on any atom is -0.310 e. The summed E-state index contributed by atoms with van der Waals surface area (Å²) in [6.07, 6.45) is 8.72. The van der Waals surface area contributed by atoms with Gasteiger partial charge in [-0.25, -0.2) is 8.78 Å². The maximum atomic E-state index is 14.7. The molecule has 166 valence electrons. The maximum Gasteiger partial charge on any atom is 0.251 e. The number of hydrogen-bond donors (Lipinski definition) is 1. The zero-order valence-electron chi connectivity index (χ0n) is 17.8. The summed E-state index contributed by atoms with van der Waals surface area (Å²) < 4.78 is 29.6. The average molecular weight is 437 g/mol. The Morgan fingerprint density at radius 2 is 1.94 bits per heavy atom. The van der Waals surface area contributed by atoms with E-state index in [2.05, 4.69) is 15.2 Å². The standard InChI is InChI=1S/C25H26F2N4O/c26-20-12-17(13-28-14-20)2-1-9-29-21-7-10-30(11-8-21)15-19-16-31-23(32)6-4-18-3-5-22(27)24(19)25(18)31/h1-6,12-14,19,21,29H,7-11,15-16H2/t19-/m1/s1. The summed E-state index contributed by atoms with van der Waals surface area (Å²) in [5.41, 5.74) is 2.15. The highest BCUT2D eigenvalue weighted by molar-refractivity contribution is 5.84. The summed E-state index contributed by atoms with van der Waals surface area (Å²) in [4.78, 5) is 18.5. The number of halogens is 2. The Morgan fingerprint density at radius 1 is 1.12 bits per heavy atom. The van der Waals surface area contributed by atoms with Gasteiger partial charge in [0.1, 0.15) is 11.6 Å². The zero-order chi connectivity index (χ0) is 22.1. The molecule has 0 amide bonds. The number of benzene rings is 1.